The van der Waals surface area contributed by atoms with Crippen molar-refractivity contribution in [3.05, 3.63) is 23.7 Å². The van der Waals surface area contributed by atoms with E-state index in [2.05, 4.69) is 17.1 Å². The molecule has 1 N–H and O–H groups in total. The highest BCUT2D eigenvalue weighted by Gasteiger charge is 2.12. The van der Waals surface area contributed by atoms with Gasteiger partial charge in [-0.15, -0.1) is 0 Å². The first kappa shape index (κ1) is 18.2. The van der Waals surface area contributed by atoms with Gasteiger partial charge in [0.25, 0.3) is 0 Å². The molecule has 5 nitrogen and oxygen atoms in total. The maximum absolute atomic E-state index is 5.64. The maximum atomic E-state index is 5.64. The van der Waals surface area contributed by atoms with Crippen LogP contribution in [-0.4, -0.2) is 51.0 Å². The van der Waals surface area contributed by atoms with Crippen LogP contribution in [0.4, 0.5) is 0 Å². The normalized spacial score (nSPS) is 11.4. The summed E-state index contributed by atoms with van der Waals surface area (Å²) in [5.41, 5.74) is 1.23. The predicted octanol–water partition coefficient (Wildman–Crippen LogP) is 2.26. The van der Waals surface area contributed by atoms with Gasteiger partial charge in [-0.2, -0.15) is 0 Å². The number of furan rings is 1. The summed E-state index contributed by atoms with van der Waals surface area (Å²) in [6, 6.07) is 2.04. The molecule has 122 valence electrons. The minimum absolute atomic E-state index is 0.742. The smallest absolute Gasteiger partial charge is 0.122 e. The quantitative estimate of drug-likeness (QED) is 0.566. The molecule has 0 unspecified atom stereocenters. The lowest BCUT2D eigenvalue weighted by Gasteiger charge is -2.21. The highest BCUT2D eigenvalue weighted by molar-refractivity contribution is 5.16. The lowest BCUT2D eigenvalue weighted by atomic mass is 10.2. The Morgan fingerprint density at radius 3 is 2.33 bits per heavy atom. The standard InChI is InChI=1S/C16H30N2O3/c1-4-17-13-15-7-10-21-16(15)14-18(8-11-19-5-2)9-12-20-6-3/h7,10,17H,4-6,8-9,11-14H2,1-3H3. The molecule has 5 heteroatoms. The van der Waals surface area contributed by atoms with Crippen LogP contribution in [0.5, 0.6) is 0 Å². The molecule has 1 heterocycles. The van der Waals surface area contributed by atoms with E-state index in [9.17, 15) is 0 Å². The van der Waals surface area contributed by atoms with Crippen molar-refractivity contribution in [2.45, 2.75) is 33.9 Å². The molecule has 0 atom stereocenters. The second-order valence-electron chi connectivity index (χ2n) is 4.82. The average Bonchev–Trinajstić information content (AvgIpc) is 2.92. The predicted molar refractivity (Wildman–Crippen MR) is 84.4 cm³/mol. The Morgan fingerprint density at radius 1 is 1.10 bits per heavy atom. The molecule has 0 aliphatic rings. The van der Waals surface area contributed by atoms with Gasteiger partial charge < -0.3 is 19.2 Å². The number of nitrogens with zero attached hydrogens (tertiary/aromatic N) is 1. The monoisotopic (exact) mass is 298 g/mol. The van der Waals surface area contributed by atoms with E-state index in [1.54, 1.807) is 6.26 Å². The van der Waals surface area contributed by atoms with Gasteiger partial charge in [-0.25, -0.2) is 0 Å². The Bertz CT molecular complexity index is 345. The Hall–Kier alpha value is -0.880. The van der Waals surface area contributed by atoms with Gasteiger partial charge in [0.15, 0.2) is 0 Å². The minimum Gasteiger partial charge on any atom is -0.468 e. The van der Waals surface area contributed by atoms with Crippen molar-refractivity contribution in [1.29, 1.82) is 0 Å². The van der Waals surface area contributed by atoms with E-state index >= 15 is 0 Å². The zero-order chi connectivity index (χ0) is 15.3. The van der Waals surface area contributed by atoms with Crippen molar-refractivity contribution in [2.75, 3.05) is 46.1 Å². The molecule has 1 rings (SSSR count). The van der Waals surface area contributed by atoms with Gasteiger partial charge in [0.05, 0.1) is 26.0 Å². The van der Waals surface area contributed by atoms with Crippen molar-refractivity contribution in [3.63, 3.8) is 0 Å². The molecule has 0 fully saturated rings. The molecule has 1 aromatic heterocycles. The second-order valence-corrected chi connectivity index (χ2v) is 4.82. The van der Waals surface area contributed by atoms with Crippen molar-refractivity contribution < 1.29 is 13.9 Å². The molecule has 0 radical (unpaired) electrons. The summed E-state index contributed by atoms with van der Waals surface area (Å²) in [5.74, 6) is 1.03. The van der Waals surface area contributed by atoms with Gasteiger partial charge in [0.2, 0.25) is 0 Å². The third-order valence-electron chi connectivity index (χ3n) is 3.28. The largest absolute Gasteiger partial charge is 0.468 e. The van der Waals surface area contributed by atoms with Crippen molar-refractivity contribution in [2.24, 2.45) is 0 Å². The third-order valence-corrected chi connectivity index (χ3v) is 3.28. The summed E-state index contributed by atoms with van der Waals surface area (Å²) in [5, 5.41) is 3.34. The number of hydrogen-bond donors (Lipinski definition) is 1. The summed E-state index contributed by atoms with van der Waals surface area (Å²) >= 11 is 0. The van der Waals surface area contributed by atoms with Crippen LogP contribution in [0, 0.1) is 0 Å². The summed E-state index contributed by atoms with van der Waals surface area (Å²) in [6.07, 6.45) is 1.77. The number of ether oxygens (including phenoxy) is 2. The highest BCUT2D eigenvalue weighted by atomic mass is 16.5. The third kappa shape index (κ3) is 7.62. The van der Waals surface area contributed by atoms with E-state index < -0.39 is 0 Å². The molecule has 21 heavy (non-hydrogen) atoms. The molecule has 0 saturated heterocycles. The van der Waals surface area contributed by atoms with Gasteiger partial charge in [-0.1, -0.05) is 6.92 Å². The van der Waals surface area contributed by atoms with E-state index in [-0.39, 0.29) is 0 Å². The van der Waals surface area contributed by atoms with Gasteiger partial charge in [0, 0.05) is 38.4 Å². The van der Waals surface area contributed by atoms with Gasteiger partial charge in [-0.05, 0) is 26.5 Å². The first-order valence-electron chi connectivity index (χ1n) is 7.95. The van der Waals surface area contributed by atoms with E-state index in [4.69, 9.17) is 13.9 Å². The number of nitrogens with one attached hydrogen (secondary N) is 1. The zero-order valence-electron chi connectivity index (χ0n) is 13.7. The van der Waals surface area contributed by atoms with Crippen LogP contribution in [0.3, 0.4) is 0 Å². The van der Waals surface area contributed by atoms with Crippen LogP contribution in [-0.2, 0) is 22.6 Å². The van der Waals surface area contributed by atoms with Gasteiger partial charge >= 0.3 is 0 Å². The van der Waals surface area contributed by atoms with Crippen LogP contribution in [0.25, 0.3) is 0 Å². The summed E-state index contributed by atoms with van der Waals surface area (Å²) in [6.45, 7) is 13.5. The molecule has 0 aromatic carbocycles. The molecule has 0 spiro atoms. The average molecular weight is 298 g/mol. The van der Waals surface area contributed by atoms with Crippen LogP contribution in [0.15, 0.2) is 16.7 Å². The first-order valence-corrected chi connectivity index (χ1v) is 7.95. The van der Waals surface area contributed by atoms with Crippen molar-refractivity contribution in [1.82, 2.24) is 10.2 Å². The van der Waals surface area contributed by atoms with Crippen LogP contribution in [0.1, 0.15) is 32.1 Å². The van der Waals surface area contributed by atoms with Crippen LogP contribution < -0.4 is 5.32 Å². The molecular formula is C16H30N2O3. The Labute approximate surface area is 128 Å². The van der Waals surface area contributed by atoms with Crippen LogP contribution >= 0.6 is 0 Å². The van der Waals surface area contributed by atoms with Crippen molar-refractivity contribution in [3.8, 4) is 0 Å². The Kier molecular flexibility index (Phi) is 10.2. The molecule has 0 aliphatic heterocycles. The number of rotatable bonds is 13. The molecular weight excluding hydrogens is 268 g/mol. The molecule has 0 saturated carbocycles. The lowest BCUT2D eigenvalue weighted by Crippen LogP contribution is -2.31. The summed E-state index contributed by atoms with van der Waals surface area (Å²) < 4.78 is 16.6. The van der Waals surface area contributed by atoms with Gasteiger partial charge in [-0.3, -0.25) is 4.90 Å². The van der Waals surface area contributed by atoms with Gasteiger partial charge in [0.1, 0.15) is 5.76 Å². The van der Waals surface area contributed by atoms with Crippen molar-refractivity contribution >= 4 is 0 Å². The summed E-state index contributed by atoms with van der Waals surface area (Å²) in [7, 11) is 0. The molecule has 0 amide bonds. The fourth-order valence-corrected chi connectivity index (χ4v) is 2.07. The topological polar surface area (TPSA) is 46.9 Å². The molecule has 0 aliphatic carbocycles. The zero-order valence-corrected chi connectivity index (χ0v) is 13.7. The molecule has 1 aromatic rings. The minimum atomic E-state index is 0.742. The number of hydrogen-bond acceptors (Lipinski definition) is 5. The fourth-order valence-electron chi connectivity index (χ4n) is 2.07. The maximum Gasteiger partial charge on any atom is 0.122 e. The summed E-state index contributed by atoms with van der Waals surface area (Å²) in [4.78, 5) is 2.32. The first-order chi connectivity index (χ1) is 10.3. The van der Waals surface area contributed by atoms with E-state index in [0.29, 0.717) is 0 Å². The second kappa shape index (κ2) is 11.7. The fraction of sp³-hybridized carbons (Fsp3) is 0.750. The van der Waals surface area contributed by atoms with E-state index in [0.717, 1.165) is 64.9 Å². The molecule has 0 bridgehead atoms. The van der Waals surface area contributed by atoms with E-state index in [1.165, 1.54) is 5.56 Å². The highest BCUT2D eigenvalue weighted by Crippen LogP contribution is 2.13. The van der Waals surface area contributed by atoms with E-state index in [1.807, 2.05) is 19.9 Å². The lowest BCUT2D eigenvalue weighted by molar-refractivity contribution is 0.0767. The Morgan fingerprint density at radius 2 is 1.76 bits per heavy atom. The SMILES string of the molecule is CCNCc1ccoc1CN(CCOCC)CCOCC. The Balaban J connectivity index is 2.50. The van der Waals surface area contributed by atoms with Crippen LogP contribution in [0.2, 0.25) is 0 Å².